The smallest absolute Gasteiger partial charge is 0.430 e. The van der Waals surface area contributed by atoms with E-state index in [-0.39, 0.29) is 28.0 Å². The maximum absolute atomic E-state index is 13.3. The molecule has 2 aliphatic heterocycles. The predicted octanol–water partition coefficient (Wildman–Crippen LogP) is -2.29. The monoisotopic (exact) mass is 618 g/mol. The molecule has 2 saturated heterocycles. The van der Waals surface area contributed by atoms with Crippen molar-refractivity contribution in [1.29, 1.82) is 0 Å². The Bertz CT molecular complexity index is 1410. The number of nitrogens with two attached hydrogens (primary N) is 2. The highest BCUT2D eigenvalue weighted by atomic mass is 32.2. The van der Waals surface area contributed by atoms with Crippen molar-refractivity contribution in [2.45, 2.75) is 47.8 Å². The van der Waals surface area contributed by atoms with Crippen molar-refractivity contribution in [3.8, 4) is 0 Å². The first-order valence-electron chi connectivity index (χ1n) is 12.3. The van der Waals surface area contributed by atoms with Gasteiger partial charge in [-0.1, -0.05) is 36.4 Å². The zero-order valence-electron chi connectivity index (χ0n) is 21.5. The summed E-state index contributed by atoms with van der Waals surface area (Å²) in [6, 6.07) is 10.7. The van der Waals surface area contributed by atoms with Gasteiger partial charge in [0.05, 0.1) is 16.8 Å². The molecule has 0 unspecified atom stereocenters. The Balaban J connectivity index is 0.000000587. The SMILES string of the molecule is NC(N)=[NH+]CCCNC(=O)[C@@H]1CS[C@H]2CC[C@@H](NS(=O)(=O)c3cccc4ccccc34)C(=O)N21.O=C([O-])C(F)(F)F. The maximum atomic E-state index is 13.3. The molecule has 12 nitrogen and oxygen atoms in total. The number of nitrogens with zero attached hydrogens (tertiary/aromatic N) is 1. The molecule has 2 aromatic rings. The van der Waals surface area contributed by atoms with Crippen molar-refractivity contribution in [3.63, 3.8) is 0 Å². The van der Waals surface area contributed by atoms with E-state index >= 15 is 0 Å². The lowest BCUT2D eigenvalue weighted by atomic mass is 10.0. The molecular weight excluding hydrogens is 589 g/mol. The highest BCUT2D eigenvalue weighted by Gasteiger charge is 2.47. The molecule has 224 valence electrons. The number of hydrogen-bond acceptors (Lipinski definition) is 7. The normalized spacial score (nSPS) is 20.5. The van der Waals surface area contributed by atoms with Crippen molar-refractivity contribution in [1.82, 2.24) is 14.9 Å². The van der Waals surface area contributed by atoms with E-state index in [2.05, 4.69) is 15.0 Å². The van der Waals surface area contributed by atoms with E-state index in [1.54, 1.807) is 34.9 Å². The summed E-state index contributed by atoms with van der Waals surface area (Å²) in [4.78, 5) is 39.3. The van der Waals surface area contributed by atoms with Crippen LogP contribution in [0, 0.1) is 0 Å². The van der Waals surface area contributed by atoms with Crippen LogP contribution in [0.1, 0.15) is 19.3 Å². The van der Waals surface area contributed by atoms with Crippen molar-refractivity contribution in [3.05, 3.63) is 42.5 Å². The number of alkyl halides is 3. The number of amides is 2. The highest BCUT2D eigenvalue weighted by Crippen LogP contribution is 2.37. The van der Waals surface area contributed by atoms with Crippen LogP contribution in [0.2, 0.25) is 0 Å². The van der Waals surface area contributed by atoms with Crippen molar-refractivity contribution >= 4 is 56.3 Å². The number of nitrogens with one attached hydrogen (secondary N) is 3. The Morgan fingerprint density at radius 3 is 2.44 bits per heavy atom. The van der Waals surface area contributed by atoms with Gasteiger partial charge in [0.2, 0.25) is 21.8 Å². The number of carbonyl (C=O) groups is 3. The van der Waals surface area contributed by atoms with Crippen LogP contribution in [0.3, 0.4) is 0 Å². The zero-order valence-corrected chi connectivity index (χ0v) is 23.2. The van der Waals surface area contributed by atoms with E-state index in [1.165, 1.54) is 6.07 Å². The molecule has 0 bridgehead atoms. The van der Waals surface area contributed by atoms with Gasteiger partial charge in [-0.25, -0.2) is 8.42 Å². The number of carboxylic acids is 1. The number of guanidine groups is 1. The quantitative estimate of drug-likeness (QED) is 0.123. The standard InChI is InChI=1S/C22H28N6O4S2.C2HF3O2/c23-22(24)26-12-4-11-25-20(29)17-13-33-19-10-9-16(21(30)28(17)19)27-34(31,32)18-8-3-6-14-5-1-2-7-15(14)18;3-2(4,5)1(6)7/h1-3,5-8,16-17,19,27H,4,9-13H2,(H,25,29)(H4,23,24,26);(H,6,7)/t16-,17+,19+;/m1./s1. The fraction of sp³-hybridized carbons (Fsp3) is 0.417. The molecule has 0 aromatic heterocycles. The van der Waals surface area contributed by atoms with Crippen molar-refractivity contribution in [2.24, 2.45) is 11.5 Å². The lowest BCUT2D eigenvalue weighted by molar-refractivity contribution is -0.459. The first-order chi connectivity index (χ1) is 19.2. The molecule has 2 aliphatic rings. The number of rotatable bonds is 8. The van der Waals surface area contributed by atoms with Gasteiger partial charge in [0.25, 0.3) is 0 Å². The summed E-state index contributed by atoms with van der Waals surface area (Å²) < 4.78 is 60.6. The lowest BCUT2D eigenvalue weighted by Gasteiger charge is -2.36. The molecule has 4 rings (SSSR count). The summed E-state index contributed by atoms with van der Waals surface area (Å²) in [5, 5.41) is 12.9. The Kier molecular flexibility index (Phi) is 10.4. The number of benzene rings is 2. The van der Waals surface area contributed by atoms with Gasteiger partial charge in [0.1, 0.15) is 18.1 Å². The van der Waals surface area contributed by atoms with Crippen molar-refractivity contribution < 1.29 is 46.1 Å². The molecule has 3 atom stereocenters. The topological polar surface area (TPSA) is 202 Å². The van der Waals surface area contributed by atoms with E-state index in [0.29, 0.717) is 43.5 Å². The number of fused-ring (bicyclic) bond motifs is 2. The molecule has 2 heterocycles. The van der Waals surface area contributed by atoms with Gasteiger partial charge in [-0.05, 0) is 30.7 Å². The summed E-state index contributed by atoms with van der Waals surface area (Å²) in [7, 11) is -3.95. The fourth-order valence-corrected chi connectivity index (χ4v) is 7.22. The third kappa shape index (κ3) is 8.23. The van der Waals surface area contributed by atoms with Crippen LogP contribution in [0.4, 0.5) is 13.2 Å². The minimum atomic E-state index is -5.19. The van der Waals surface area contributed by atoms with Gasteiger partial charge >= 0.3 is 12.1 Å². The molecule has 41 heavy (non-hydrogen) atoms. The minimum Gasteiger partial charge on any atom is -0.542 e. The van der Waals surface area contributed by atoms with Crippen LogP contribution in [-0.2, 0) is 24.4 Å². The molecule has 17 heteroatoms. The van der Waals surface area contributed by atoms with Crippen LogP contribution in [0.5, 0.6) is 0 Å². The molecule has 0 spiro atoms. The van der Waals surface area contributed by atoms with E-state index in [0.717, 1.165) is 5.39 Å². The van der Waals surface area contributed by atoms with Gasteiger partial charge in [-0.15, -0.1) is 11.8 Å². The predicted molar refractivity (Wildman–Crippen MR) is 142 cm³/mol. The fourth-order valence-electron chi connectivity index (χ4n) is 4.34. The molecule has 0 aliphatic carbocycles. The van der Waals surface area contributed by atoms with E-state index in [9.17, 15) is 31.2 Å². The average molecular weight is 619 g/mol. The van der Waals surface area contributed by atoms with Crippen LogP contribution >= 0.6 is 11.8 Å². The molecular formula is C24H29F3N6O6S2. The first kappa shape index (κ1) is 32.0. The van der Waals surface area contributed by atoms with Gasteiger partial charge in [-0.3, -0.25) is 26.0 Å². The van der Waals surface area contributed by atoms with Gasteiger partial charge in [0.15, 0.2) is 0 Å². The Morgan fingerprint density at radius 2 is 1.78 bits per heavy atom. The van der Waals surface area contributed by atoms with Crippen LogP contribution in [-0.4, -0.2) is 79.5 Å². The van der Waals surface area contributed by atoms with Crippen LogP contribution in [0.25, 0.3) is 10.8 Å². The van der Waals surface area contributed by atoms with Gasteiger partial charge < -0.3 is 20.1 Å². The number of aliphatic carboxylic acids is 1. The van der Waals surface area contributed by atoms with E-state index in [4.69, 9.17) is 21.4 Å². The average Bonchev–Trinajstić information content (AvgIpc) is 3.34. The van der Waals surface area contributed by atoms with Crippen LogP contribution in [0.15, 0.2) is 47.4 Å². The number of thioether (sulfide) groups is 1. The molecule has 2 aromatic carbocycles. The molecule has 0 saturated carbocycles. The summed E-state index contributed by atoms with van der Waals surface area (Å²) in [5.74, 6) is -3.01. The highest BCUT2D eigenvalue weighted by molar-refractivity contribution is 8.00. The Morgan fingerprint density at radius 1 is 1.12 bits per heavy atom. The summed E-state index contributed by atoms with van der Waals surface area (Å²) in [6.07, 6.45) is -3.58. The molecule has 7 N–H and O–H groups in total. The molecule has 0 radical (unpaired) electrons. The largest absolute Gasteiger partial charge is 0.542 e. The van der Waals surface area contributed by atoms with Gasteiger partial charge in [0, 0.05) is 17.7 Å². The number of hydrogen-bond donors (Lipinski definition) is 5. The molecule has 2 fully saturated rings. The zero-order chi connectivity index (χ0) is 30.4. The number of halogens is 3. The Hall–Kier alpha value is -3.57. The molecule has 2 amide bonds. The lowest BCUT2D eigenvalue weighted by Crippen LogP contribution is -2.78. The number of carbonyl (C=O) groups excluding carboxylic acids is 3. The summed E-state index contributed by atoms with van der Waals surface area (Å²) in [5.41, 5.74) is 10.7. The summed E-state index contributed by atoms with van der Waals surface area (Å²) in [6.45, 7) is 0.926. The first-order valence-corrected chi connectivity index (χ1v) is 14.9. The number of sulfonamides is 1. The number of piperidine rings is 1. The number of carboxylic acid groups (broad SMARTS) is 1. The van der Waals surface area contributed by atoms with E-state index < -0.39 is 34.3 Å². The van der Waals surface area contributed by atoms with E-state index in [1.807, 2.05) is 18.2 Å². The third-order valence-corrected chi connectivity index (χ3v) is 9.09. The maximum Gasteiger partial charge on any atom is 0.430 e. The second-order valence-corrected chi connectivity index (χ2v) is 12.0. The van der Waals surface area contributed by atoms with Crippen LogP contribution < -0.4 is 31.6 Å². The van der Waals surface area contributed by atoms with Gasteiger partial charge in [-0.2, -0.15) is 17.9 Å². The third-order valence-electron chi connectivity index (χ3n) is 6.20. The van der Waals surface area contributed by atoms with Crippen molar-refractivity contribution in [2.75, 3.05) is 18.8 Å². The Labute approximate surface area is 237 Å². The second-order valence-electron chi connectivity index (χ2n) is 9.09. The minimum absolute atomic E-state index is 0.122. The summed E-state index contributed by atoms with van der Waals surface area (Å²) >= 11 is 1.55. The second kappa shape index (κ2) is 13.4.